The van der Waals surface area contributed by atoms with Crippen molar-refractivity contribution in [1.82, 2.24) is 14.7 Å². The molecular formula is C16H23N3O2. The quantitative estimate of drug-likeness (QED) is 0.888. The monoisotopic (exact) mass is 289 g/mol. The van der Waals surface area contributed by atoms with E-state index in [1.165, 1.54) is 0 Å². The second kappa shape index (κ2) is 5.85. The van der Waals surface area contributed by atoms with E-state index in [-0.39, 0.29) is 0 Å². The van der Waals surface area contributed by atoms with Gasteiger partial charge in [0, 0.05) is 18.5 Å². The first-order valence-electron chi connectivity index (χ1n) is 7.34. The summed E-state index contributed by atoms with van der Waals surface area (Å²) in [6, 6.07) is 8.09. The highest BCUT2D eigenvalue weighted by molar-refractivity contribution is 5.82. The molecule has 0 atom stereocenters. The normalized spacial score (nSPS) is 12.2. The lowest BCUT2D eigenvalue weighted by Gasteiger charge is -2.33. The number of aromatic nitrogens is 2. The highest BCUT2D eigenvalue weighted by atomic mass is 16.4. The zero-order valence-corrected chi connectivity index (χ0v) is 13.1. The molecule has 0 saturated carbocycles. The summed E-state index contributed by atoms with van der Waals surface area (Å²) in [6.45, 7) is 9.49. The van der Waals surface area contributed by atoms with Gasteiger partial charge in [0.05, 0.1) is 11.2 Å². The number of nitrogens with zero attached hydrogens (tertiary/aromatic N) is 3. The third-order valence-electron chi connectivity index (χ3n) is 4.07. The largest absolute Gasteiger partial charge is 0.480 e. The van der Waals surface area contributed by atoms with Crippen LogP contribution in [0.15, 0.2) is 24.3 Å². The SMILES string of the molecule is CCN(Cc1nn(CC)c2ccccc12)C(C)(C)C(=O)O. The van der Waals surface area contributed by atoms with Crippen LogP contribution in [-0.2, 0) is 17.9 Å². The number of carboxylic acids is 1. The van der Waals surface area contributed by atoms with Gasteiger partial charge in [-0.05, 0) is 33.4 Å². The van der Waals surface area contributed by atoms with Crippen LogP contribution >= 0.6 is 0 Å². The zero-order chi connectivity index (χ0) is 15.6. The minimum absolute atomic E-state index is 0.531. The van der Waals surface area contributed by atoms with Gasteiger partial charge in [-0.15, -0.1) is 0 Å². The Bertz CT molecular complexity index is 646. The summed E-state index contributed by atoms with van der Waals surface area (Å²) >= 11 is 0. The summed E-state index contributed by atoms with van der Waals surface area (Å²) in [5.41, 5.74) is 1.12. The lowest BCUT2D eigenvalue weighted by Crippen LogP contribution is -2.49. The molecule has 0 aliphatic heterocycles. The predicted molar refractivity (Wildman–Crippen MR) is 83.2 cm³/mol. The summed E-state index contributed by atoms with van der Waals surface area (Å²) in [5, 5.41) is 15.2. The number of aryl methyl sites for hydroxylation is 1. The highest BCUT2D eigenvalue weighted by Crippen LogP contribution is 2.23. The number of carboxylic acid groups (broad SMARTS) is 1. The fourth-order valence-electron chi connectivity index (χ4n) is 2.57. The molecular weight excluding hydrogens is 266 g/mol. The molecule has 1 aromatic heterocycles. The number of likely N-dealkylation sites (N-methyl/N-ethyl adjacent to an activating group) is 1. The minimum atomic E-state index is -0.911. The topological polar surface area (TPSA) is 58.4 Å². The van der Waals surface area contributed by atoms with Crippen molar-refractivity contribution in [2.24, 2.45) is 0 Å². The fourth-order valence-corrected chi connectivity index (χ4v) is 2.57. The van der Waals surface area contributed by atoms with Crippen molar-refractivity contribution in [3.63, 3.8) is 0 Å². The van der Waals surface area contributed by atoms with E-state index in [9.17, 15) is 9.90 Å². The van der Waals surface area contributed by atoms with Crippen molar-refractivity contribution in [3.05, 3.63) is 30.0 Å². The van der Waals surface area contributed by atoms with Gasteiger partial charge in [-0.25, -0.2) is 0 Å². The van der Waals surface area contributed by atoms with Crippen molar-refractivity contribution in [2.45, 2.75) is 46.3 Å². The molecule has 5 nitrogen and oxygen atoms in total. The number of carbonyl (C=O) groups is 1. The Hall–Kier alpha value is -1.88. The van der Waals surface area contributed by atoms with Crippen LogP contribution < -0.4 is 0 Å². The van der Waals surface area contributed by atoms with Gasteiger partial charge < -0.3 is 5.11 Å². The third kappa shape index (κ3) is 2.78. The van der Waals surface area contributed by atoms with E-state index in [1.54, 1.807) is 13.8 Å². The summed E-state index contributed by atoms with van der Waals surface area (Å²) < 4.78 is 1.96. The van der Waals surface area contributed by atoms with Crippen LogP contribution in [0.4, 0.5) is 0 Å². The van der Waals surface area contributed by atoms with Crippen LogP contribution in [0.5, 0.6) is 0 Å². The molecule has 0 saturated heterocycles. The molecule has 114 valence electrons. The molecule has 0 aliphatic carbocycles. The van der Waals surface area contributed by atoms with Crippen LogP contribution in [0.1, 0.15) is 33.4 Å². The first kappa shape index (κ1) is 15.5. The van der Waals surface area contributed by atoms with Gasteiger partial charge in [0.1, 0.15) is 5.54 Å². The first-order chi connectivity index (χ1) is 9.91. The predicted octanol–water partition coefficient (Wildman–Crippen LogP) is 2.74. The summed E-state index contributed by atoms with van der Waals surface area (Å²) in [5.74, 6) is -0.816. The van der Waals surface area contributed by atoms with Crippen molar-refractivity contribution < 1.29 is 9.90 Å². The van der Waals surface area contributed by atoms with Crippen molar-refractivity contribution in [2.75, 3.05) is 6.54 Å². The molecule has 1 aromatic carbocycles. The van der Waals surface area contributed by atoms with Gasteiger partial charge in [0.15, 0.2) is 0 Å². The van der Waals surface area contributed by atoms with Crippen molar-refractivity contribution in [3.8, 4) is 0 Å². The molecule has 2 rings (SSSR count). The number of hydrogen-bond acceptors (Lipinski definition) is 3. The lowest BCUT2D eigenvalue weighted by atomic mass is 10.0. The molecule has 0 fully saturated rings. The highest BCUT2D eigenvalue weighted by Gasteiger charge is 2.34. The summed E-state index contributed by atoms with van der Waals surface area (Å²) in [7, 11) is 0. The Morgan fingerprint density at radius 1 is 1.33 bits per heavy atom. The second-order valence-corrected chi connectivity index (χ2v) is 5.66. The molecule has 1 N–H and O–H groups in total. The Morgan fingerprint density at radius 2 is 2.00 bits per heavy atom. The molecule has 21 heavy (non-hydrogen) atoms. The molecule has 0 unspecified atom stereocenters. The van der Waals surface area contributed by atoms with Crippen LogP contribution in [0.3, 0.4) is 0 Å². The number of fused-ring (bicyclic) bond motifs is 1. The van der Waals surface area contributed by atoms with E-state index in [2.05, 4.69) is 12.0 Å². The van der Waals surface area contributed by atoms with Crippen molar-refractivity contribution in [1.29, 1.82) is 0 Å². The summed E-state index contributed by atoms with van der Waals surface area (Å²) in [4.78, 5) is 13.4. The maximum absolute atomic E-state index is 11.5. The van der Waals surface area contributed by atoms with Gasteiger partial charge in [-0.3, -0.25) is 14.4 Å². The Labute approximate surface area is 125 Å². The Morgan fingerprint density at radius 3 is 2.57 bits per heavy atom. The van der Waals surface area contributed by atoms with Gasteiger partial charge in [0.25, 0.3) is 0 Å². The van der Waals surface area contributed by atoms with Crippen LogP contribution in [0, 0.1) is 0 Å². The van der Waals surface area contributed by atoms with Crippen LogP contribution in [-0.4, -0.2) is 37.8 Å². The maximum Gasteiger partial charge on any atom is 0.323 e. The first-order valence-corrected chi connectivity index (χ1v) is 7.34. The maximum atomic E-state index is 11.5. The molecule has 0 aliphatic rings. The Kier molecular flexibility index (Phi) is 4.32. The van der Waals surface area contributed by atoms with Crippen molar-refractivity contribution >= 4 is 16.9 Å². The van der Waals surface area contributed by atoms with Gasteiger partial charge in [-0.1, -0.05) is 25.1 Å². The lowest BCUT2D eigenvalue weighted by molar-refractivity contribution is -0.149. The molecule has 5 heteroatoms. The molecule has 1 heterocycles. The van der Waals surface area contributed by atoms with E-state index in [1.807, 2.05) is 40.8 Å². The average molecular weight is 289 g/mol. The number of para-hydroxylation sites is 1. The Balaban J connectivity index is 2.41. The number of rotatable bonds is 6. The molecule has 0 amide bonds. The van der Waals surface area contributed by atoms with Crippen LogP contribution in [0.2, 0.25) is 0 Å². The van der Waals surface area contributed by atoms with E-state index >= 15 is 0 Å². The number of aliphatic carboxylic acids is 1. The zero-order valence-electron chi connectivity index (χ0n) is 13.1. The van der Waals surface area contributed by atoms with E-state index in [0.717, 1.165) is 23.1 Å². The van der Waals surface area contributed by atoms with E-state index in [4.69, 9.17) is 0 Å². The number of benzene rings is 1. The van der Waals surface area contributed by atoms with Crippen LogP contribution in [0.25, 0.3) is 10.9 Å². The average Bonchev–Trinajstić information content (AvgIpc) is 2.82. The standard InChI is InChI=1S/C16H23N3O2/c1-5-18(16(3,4)15(20)21)11-13-12-9-7-8-10-14(12)19(6-2)17-13/h7-10H,5-6,11H2,1-4H3,(H,20,21). The third-order valence-corrected chi connectivity index (χ3v) is 4.07. The smallest absolute Gasteiger partial charge is 0.323 e. The molecule has 0 radical (unpaired) electrons. The molecule has 0 bridgehead atoms. The molecule has 2 aromatic rings. The van der Waals surface area contributed by atoms with E-state index < -0.39 is 11.5 Å². The van der Waals surface area contributed by atoms with Gasteiger partial charge in [-0.2, -0.15) is 5.10 Å². The second-order valence-electron chi connectivity index (χ2n) is 5.66. The van der Waals surface area contributed by atoms with Gasteiger partial charge >= 0.3 is 5.97 Å². The molecule has 0 spiro atoms. The minimum Gasteiger partial charge on any atom is -0.480 e. The number of hydrogen-bond donors (Lipinski definition) is 1. The fraction of sp³-hybridized carbons (Fsp3) is 0.500. The van der Waals surface area contributed by atoms with Gasteiger partial charge in [0.2, 0.25) is 0 Å². The summed E-state index contributed by atoms with van der Waals surface area (Å²) in [6.07, 6.45) is 0. The van der Waals surface area contributed by atoms with E-state index in [0.29, 0.717) is 13.1 Å².